The van der Waals surface area contributed by atoms with Gasteiger partial charge in [-0.05, 0) is 24.8 Å². The lowest BCUT2D eigenvalue weighted by molar-refractivity contribution is -0.384. The largest absolute Gasteiger partial charge is 0.480 e. The fourth-order valence-electron chi connectivity index (χ4n) is 2.81. The second kappa shape index (κ2) is 11.1. The normalized spacial score (nSPS) is 14.0. The van der Waals surface area contributed by atoms with E-state index in [9.17, 15) is 34.7 Å². The van der Waals surface area contributed by atoms with Crippen molar-refractivity contribution < 1.29 is 34.3 Å². The molecule has 0 saturated heterocycles. The number of non-ortho nitro benzene ring substituents is 1. The highest BCUT2D eigenvalue weighted by atomic mass is 16.6. The van der Waals surface area contributed by atoms with Crippen molar-refractivity contribution in [2.24, 2.45) is 5.92 Å². The SMILES string of the molecule is CCOC(=O)C[C@@H](c1ccc([N+](=O)[O-])cc1)[C@@H](NC(=O)[C@H](O)CC(C)C)C(=O)O. The van der Waals surface area contributed by atoms with E-state index >= 15 is 0 Å². The molecule has 1 aromatic carbocycles. The highest BCUT2D eigenvalue weighted by Gasteiger charge is 2.34. The summed E-state index contributed by atoms with van der Waals surface area (Å²) in [4.78, 5) is 46.4. The summed E-state index contributed by atoms with van der Waals surface area (Å²) in [6, 6.07) is 3.47. The number of nitro benzene ring substituents is 1. The van der Waals surface area contributed by atoms with E-state index in [2.05, 4.69) is 5.32 Å². The molecule has 0 aliphatic rings. The summed E-state index contributed by atoms with van der Waals surface area (Å²) in [5.74, 6) is -4.02. The number of ether oxygens (including phenoxy) is 1. The summed E-state index contributed by atoms with van der Waals surface area (Å²) in [6.45, 7) is 5.28. The third-order valence-corrected chi connectivity index (χ3v) is 4.19. The molecule has 0 saturated carbocycles. The maximum Gasteiger partial charge on any atom is 0.326 e. The average molecular weight is 410 g/mol. The lowest BCUT2D eigenvalue weighted by Gasteiger charge is -2.26. The molecule has 160 valence electrons. The number of amides is 1. The summed E-state index contributed by atoms with van der Waals surface area (Å²) in [5.41, 5.74) is 0.0987. The predicted molar refractivity (Wildman–Crippen MR) is 102 cm³/mol. The maximum absolute atomic E-state index is 12.3. The zero-order valence-corrected chi connectivity index (χ0v) is 16.5. The highest BCUT2D eigenvalue weighted by Crippen LogP contribution is 2.27. The van der Waals surface area contributed by atoms with Crippen molar-refractivity contribution >= 4 is 23.5 Å². The number of nitrogens with zero attached hydrogens (tertiary/aromatic N) is 1. The van der Waals surface area contributed by atoms with Crippen molar-refractivity contribution in [3.63, 3.8) is 0 Å². The first-order valence-electron chi connectivity index (χ1n) is 9.18. The van der Waals surface area contributed by atoms with Gasteiger partial charge in [0.25, 0.3) is 5.69 Å². The second-order valence-corrected chi connectivity index (χ2v) is 6.93. The van der Waals surface area contributed by atoms with E-state index in [0.29, 0.717) is 5.56 Å². The van der Waals surface area contributed by atoms with E-state index in [1.54, 1.807) is 20.8 Å². The van der Waals surface area contributed by atoms with Crippen LogP contribution in [0.3, 0.4) is 0 Å². The number of aliphatic carboxylic acids is 1. The topological polar surface area (TPSA) is 156 Å². The Balaban J connectivity index is 3.20. The van der Waals surface area contributed by atoms with Crippen molar-refractivity contribution in [1.82, 2.24) is 5.32 Å². The lowest BCUT2D eigenvalue weighted by Crippen LogP contribution is -2.49. The zero-order valence-electron chi connectivity index (χ0n) is 16.5. The van der Waals surface area contributed by atoms with Crippen LogP contribution >= 0.6 is 0 Å². The van der Waals surface area contributed by atoms with Gasteiger partial charge in [-0.25, -0.2) is 4.79 Å². The summed E-state index contributed by atoms with van der Waals surface area (Å²) in [7, 11) is 0. The van der Waals surface area contributed by atoms with Gasteiger partial charge in [0.05, 0.1) is 18.0 Å². The van der Waals surface area contributed by atoms with Crippen LogP contribution in [-0.2, 0) is 19.1 Å². The number of hydrogen-bond donors (Lipinski definition) is 3. The standard InChI is InChI=1S/C19H26N2O8/c1-4-29-16(23)10-14(12-5-7-13(8-6-12)21(27)28)17(19(25)26)20-18(24)15(22)9-11(2)3/h5-8,11,14-15,17,22H,4,9-10H2,1-3H3,(H,20,24)(H,25,26)/t14-,15+,17+/m0/s1. The lowest BCUT2D eigenvalue weighted by atomic mass is 9.88. The maximum atomic E-state index is 12.3. The van der Waals surface area contributed by atoms with Gasteiger partial charge in [0.1, 0.15) is 12.1 Å². The fourth-order valence-corrected chi connectivity index (χ4v) is 2.81. The Bertz CT molecular complexity index is 732. The highest BCUT2D eigenvalue weighted by molar-refractivity contribution is 5.87. The quantitative estimate of drug-likeness (QED) is 0.282. The fraction of sp³-hybridized carbons (Fsp3) is 0.526. The molecule has 0 heterocycles. The molecule has 0 bridgehead atoms. The van der Waals surface area contributed by atoms with Crippen molar-refractivity contribution in [1.29, 1.82) is 0 Å². The molecule has 10 heteroatoms. The van der Waals surface area contributed by atoms with E-state index < -0.39 is 40.8 Å². The van der Waals surface area contributed by atoms with Gasteiger partial charge in [0.2, 0.25) is 5.91 Å². The molecule has 10 nitrogen and oxygen atoms in total. The van der Waals surface area contributed by atoms with Gasteiger partial charge in [-0.3, -0.25) is 19.7 Å². The van der Waals surface area contributed by atoms with E-state index in [1.807, 2.05) is 0 Å². The van der Waals surface area contributed by atoms with Crippen LogP contribution in [0.1, 0.15) is 45.1 Å². The van der Waals surface area contributed by atoms with Crippen molar-refractivity contribution in [2.75, 3.05) is 6.61 Å². The van der Waals surface area contributed by atoms with Crippen LogP contribution in [0.15, 0.2) is 24.3 Å². The van der Waals surface area contributed by atoms with E-state index in [-0.39, 0.29) is 31.1 Å². The molecule has 0 spiro atoms. The Morgan fingerprint density at radius 1 is 1.21 bits per heavy atom. The number of carbonyl (C=O) groups excluding carboxylic acids is 2. The molecule has 1 aromatic rings. The molecule has 1 amide bonds. The molecule has 0 aromatic heterocycles. The molecule has 0 radical (unpaired) electrons. The summed E-state index contributed by atoms with van der Waals surface area (Å²) >= 11 is 0. The molecular weight excluding hydrogens is 384 g/mol. The summed E-state index contributed by atoms with van der Waals surface area (Å²) in [5, 5.41) is 32.7. The van der Waals surface area contributed by atoms with Gasteiger partial charge in [0.15, 0.2) is 0 Å². The van der Waals surface area contributed by atoms with Crippen LogP contribution in [0.25, 0.3) is 0 Å². The number of esters is 1. The number of aliphatic hydroxyl groups is 1. The number of carbonyl (C=O) groups is 3. The number of nitro groups is 1. The molecule has 1 rings (SSSR count). The first-order valence-corrected chi connectivity index (χ1v) is 9.18. The summed E-state index contributed by atoms with van der Waals surface area (Å²) < 4.78 is 4.89. The first-order chi connectivity index (χ1) is 13.6. The molecule has 0 aliphatic heterocycles. The number of aliphatic hydroxyl groups excluding tert-OH is 1. The van der Waals surface area contributed by atoms with Crippen LogP contribution < -0.4 is 5.32 Å². The second-order valence-electron chi connectivity index (χ2n) is 6.93. The molecular formula is C19H26N2O8. The molecule has 29 heavy (non-hydrogen) atoms. The number of nitrogens with one attached hydrogen (secondary N) is 1. The number of benzene rings is 1. The zero-order chi connectivity index (χ0) is 22.1. The van der Waals surface area contributed by atoms with Crippen LogP contribution in [0.5, 0.6) is 0 Å². The van der Waals surface area contributed by atoms with E-state index in [0.717, 1.165) is 0 Å². The summed E-state index contributed by atoms with van der Waals surface area (Å²) in [6.07, 6.45) is -1.64. The van der Waals surface area contributed by atoms with Crippen molar-refractivity contribution in [3.8, 4) is 0 Å². The van der Waals surface area contributed by atoms with Crippen LogP contribution in [0, 0.1) is 16.0 Å². The third kappa shape index (κ3) is 7.49. The van der Waals surface area contributed by atoms with Crippen molar-refractivity contribution in [2.45, 2.75) is 51.7 Å². The van der Waals surface area contributed by atoms with E-state index in [1.165, 1.54) is 24.3 Å². The Labute approximate surface area is 168 Å². The van der Waals surface area contributed by atoms with Gasteiger partial charge < -0.3 is 20.3 Å². The minimum atomic E-state index is -1.55. The Kier molecular flexibility index (Phi) is 9.20. The van der Waals surface area contributed by atoms with Gasteiger partial charge in [-0.15, -0.1) is 0 Å². The molecule has 0 aliphatic carbocycles. The molecule has 3 atom stereocenters. The van der Waals surface area contributed by atoms with Gasteiger partial charge in [0, 0.05) is 18.1 Å². The third-order valence-electron chi connectivity index (χ3n) is 4.19. The number of carboxylic acid groups (broad SMARTS) is 1. The molecule has 3 N–H and O–H groups in total. The smallest absolute Gasteiger partial charge is 0.326 e. The minimum absolute atomic E-state index is 0.00373. The number of hydrogen-bond acceptors (Lipinski definition) is 7. The monoisotopic (exact) mass is 410 g/mol. The Morgan fingerprint density at radius 3 is 2.24 bits per heavy atom. The van der Waals surface area contributed by atoms with Gasteiger partial charge in [-0.1, -0.05) is 26.0 Å². The number of carboxylic acids is 1. The van der Waals surface area contributed by atoms with Crippen LogP contribution in [0.4, 0.5) is 5.69 Å². The minimum Gasteiger partial charge on any atom is -0.480 e. The Morgan fingerprint density at radius 2 is 1.79 bits per heavy atom. The van der Waals surface area contributed by atoms with Gasteiger partial charge in [-0.2, -0.15) is 0 Å². The number of rotatable bonds is 11. The van der Waals surface area contributed by atoms with Crippen LogP contribution in [0.2, 0.25) is 0 Å². The van der Waals surface area contributed by atoms with Gasteiger partial charge >= 0.3 is 11.9 Å². The Hall–Kier alpha value is -3.01. The molecule has 0 fully saturated rings. The predicted octanol–water partition coefficient (Wildman–Crippen LogP) is 1.61. The van der Waals surface area contributed by atoms with E-state index in [4.69, 9.17) is 4.74 Å². The molecule has 0 unspecified atom stereocenters. The van der Waals surface area contributed by atoms with Crippen molar-refractivity contribution in [3.05, 3.63) is 39.9 Å². The average Bonchev–Trinajstić information content (AvgIpc) is 2.63. The first kappa shape index (κ1) is 24.0. The van der Waals surface area contributed by atoms with Crippen LogP contribution in [-0.4, -0.2) is 51.7 Å².